The molecule has 0 atom stereocenters. The number of halogens is 3. The molecule has 0 saturated heterocycles. The first-order valence-corrected chi connectivity index (χ1v) is 20.4. The van der Waals surface area contributed by atoms with E-state index >= 15 is 0 Å². The van der Waals surface area contributed by atoms with Gasteiger partial charge in [-0.3, -0.25) is 4.79 Å². The maximum absolute atomic E-state index is 11.9. The van der Waals surface area contributed by atoms with Gasteiger partial charge in [-0.15, -0.1) is 0 Å². The Morgan fingerprint density at radius 2 is 1.27 bits per heavy atom. The van der Waals surface area contributed by atoms with E-state index in [1.54, 1.807) is 0 Å². The van der Waals surface area contributed by atoms with Crippen molar-refractivity contribution in [1.82, 2.24) is 14.5 Å². The zero-order valence-electron chi connectivity index (χ0n) is 29.7. The molecule has 1 aliphatic rings. The fraction of sp³-hybridized carbons (Fsp3) is 0.341. The number of carbonyl (C=O) groups excluding carboxylic acids is 1. The number of rotatable bonds is 14. The Balaban J connectivity index is 0.000000179. The molecule has 51 heavy (non-hydrogen) atoms. The molecule has 6 aromatic rings. The Morgan fingerprint density at radius 3 is 1.84 bits per heavy atom. The number of hydrogen-bond acceptors (Lipinski definition) is 1. The van der Waals surface area contributed by atoms with E-state index in [1.807, 2.05) is 6.07 Å². The molecule has 4 aromatic carbocycles. The third-order valence-corrected chi connectivity index (χ3v) is 11.6. The van der Waals surface area contributed by atoms with Crippen molar-refractivity contribution in [2.45, 2.75) is 84.7 Å². The van der Waals surface area contributed by atoms with Gasteiger partial charge in [0.25, 0.3) is 0 Å². The summed E-state index contributed by atoms with van der Waals surface area (Å²) in [5.41, 5.74) is 9.34. The molecule has 2 aromatic heterocycles. The van der Waals surface area contributed by atoms with Crippen LogP contribution in [-0.4, -0.2) is 21.6 Å². The SMILES string of the molecule is CCCc1cn(CCCc2ccccc2Br)c2ccc(Cl)cc12.Cc1ccc2c(c1)c(CCNC(=O)C1CC1)cn2CCCc1ccccc1Br. The first-order valence-electron chi connectivity index (χ1n) is 18.4. The summed E-state index contributed by atoms with van der Waals surface area (Å²) in [6.45, 7) is 7.11. The highest BCUT2D eigenvalue weighted by Crippen LogP contribution is 2.30. The van der Waals surface area contributed by atoms with E-state index in [1.165, 1.54) is 58.6 Å². The lowest BCUT2D eigenvalue weighted by Crippen LogP contribution is -2.26. The van der Waals surface area contributed by atoms with Crippen LogP contribution in [0.5, 0.6) is 0 Å². The van der Waals surface area contributed by atoms with Crippen molar-refractivity contribution in [3.05, 3.63) is 139 Å². The molecule has 7 rings (SSSR count). The van der Waals surface area contributed by atoms with E-state index in [-0.39, 0.29) is 11.8 Å². The second kappa shape index (κ2) is 17.9. The Kier molecular flexibility index (Phi) is 13.2. The van der Waals surface area contributed by atoms with Crippen molar-refractivity contribution in [3.8, 4) is 0 Å². The first-order chi connectivity index (χ1) is 24.8. The quantitative estimate of drug-likeness (QED) is 0.117. The second-order valence-corrected chi connectivity index (χ2v) is 16.0. The van der Waals surface area contributed by atoms with Gasteiger partial charge in [0, 0.05) is 73.7 Å². The normalized spacial score (nSPS) is 12.6. The maximum Gasteiger partial charge on any atom is 0.223 e. The van der Waals surface area contributed by atoms with Crippen LogP contribution in [0.1, 0.15) is 66.8 Å². The molecule has 2 heterocycles. The van der Waals surface area contributed by atoms with Crippen LogP contribution in [0.2, 0.25) is 5.02 Å². The smallest absolute Gasteiger partial charge is 0.223 e. The van der Waals surface area contributed by atoms with Gasteiger partial charge in [0.1, 0.15) is 0 Å². The molecule has 1 N–H and O–H groups in total. The molecular weight excluding hydrogens is 782 g/mol. The highest BCUT2D eigenvalue weighted by Gasteiger charge is 2.29. The number of amides is 1. The number of aryl methyl sites for hydroxylation is 6. The van der Waals surface area contributed by atoms with E-state index in [0.29, 0.717) is 0 Å². The standard InChI is InChI=1S/C24H27BrN2O.C20H21BrClN/c1-17-8-11-23-21(15-17)20(12-13-26-24(28)19-9-10-19)16-27(23)14-4-6-18-5-2-3-7-22(18)25;1-2-6-16-14-23(20-11-10-17(22)13-18(16)20)12-5-8-15-7-3-4-9-19(15)21/h2-3,5,7-8,11,15-16,19H,4,6,9-10,12-14H2,1H3,(H,26,28);3-4,7,9-11,13-14H,2,5-6,8,12H2,1H3. The highest BCUT2D eigenvalue weighted by atomic mass is 79.9. The minimum Gasteiger partial charge on any atom is -0.356 e. The lowest BCUT2D eigenvalue weighted by molar-refractivity contribution is -0.122. The molecule has 0 aliphatic heterocycles. The highest BCUT2D eigenvalue weighted by molar-refractivity contribution is 9.10. The number of nitrogens with zero attached hydrogens (tertiary/aromatic N) is 2. The fourth-order valence-corrected chi connectivity index (χ4v) is 8.10. The molecule has 7 heteroatoms. The maximum atomic E-state index is 11.9. The van der Waals surface area contributed by atoms with E-state index < -0.39 is 0 Å². The first kappa shape index (κ1) is 37.4. The van der Waals surface area contributed by atoms with Crippen molar-refractivity contribution in [3.63, 3.8) is 0 Å². The number of benzene rings is 4. The Labute approximate surface area is 324 Å². The van der Waals surface area contributed by atoms with Gasteiger partial charge in [-0.2, -0.15) is 0 Å². The molecule has 0 radical (unpaired) electrons. The zero-order valence-corrected chi connectivity index (χ0v) is 33.7. The molecule has 1 amide bonds. The van der Waals surface area contributed by atoms with Gasteiger partial charge >= 0.3 is 0 Å². The number of hydrogen-bond donors (Lipinski definition) is 1. The van der Waals surface area contributed by atoms with Crippen molar-refractivity contribution in [2.24, 2.45) is 5.92 Å². The number of nitrogens with one attached hydrogen (secondary N) is 1. The van der Waals surface area contributed by atoms with Gasteiger partial charge in [0.15, 0.2) is 0 Å². The summed E-state index contributed by atoms with van der Waals surface area (Å²) < 4.78 is 7.16. The van der Waals surface area contributed by atoms with Gasteiger partial charge < -0.3 is 14.5 Å². The van der Waals surface area contributed by atoms with Crippen LogP contribution < -0.4 is 5.32 Å². The molecule has 266 valence electrons. The number of carbonyl (C=O) groups is 1. The van der Waals surface area contributed by atoms with Gasteiger partial charge in [0.05, 0.1) is 0 Å². The molecule has 4 nitrogen and oxygen atoms in total. The Hall–Kier alpha value is -3.32. The second-order valence-electron chi connectivity index (χ2n) is 13.8. The van der Waals surface area contributed by atoms with Crippen LogP contribution in [0, 0.1) is 12.8 Å². The lowest BCUT2D eigenvalue weighted by atomic mass is 10.1. The average molecular weight is 830 g/mol. The minimum absolute atomic E-state index is 0.230. The molecule has 1 saturated carbocycles. The molecule has 1 aliphatic carbocycles. The van der Waals surface area contributed by atoms with Crippen LogP contribution in [0.3, 0.4) is 0 Å². The summed E-state index contributed by atoms with van der Waals surface area (Å²) in [5.74, 6) is 0.509. The summed E-state index contributed by atoms with van der Waals surface area (Å²) in [4.78, 5) is 11.9. The van der Waals surface area contributed by atoms with E-state index in [9.17, 15) is 4.79 Å². The van der Waals surface area contributed by atoms with Crippen LogP contribution in [0.4, 0.5) is 0 Å². The van der Waals surface area contributed by atoms with Gasteiger partial charge in [-0.25, -0.2) is 0 Å². The molecule has 0 bridgehead atoms. The fourth-order valence-electron chi connectivity index (χ4n) is 6.96. The summed E-state index contributed by atoms with van der Waals surface area (Å²) in [6, 6.07) is 29.9. The molecule has 0 spiro atoms. The zero-order chi connectivity index (χ0) is 35.7. The Bertz CT molecular complexity index is 2090. The van der Waals surface area contributed by atoms with Crippen LogP contribution in [-0.2, 0) is 43.6 Å². The van der Waals surface area contributed by atoms with E-state index in [0.717, 1.165) is 82.4 Å². The monoisotopic (exact) mass is 827 g/mol. The predicted octanol–water partition coefficient (Wildman–Crippen LogP) is 12.1. The molecule has 0 unspecified atom stereocenters. The minimum atomic E-state index is 0.230. The van der Waals surface area contributed by atoms with Crippen LogP contribution in [0.25, 0.3) is 21.8 Å². The average Bonchev–Trinajstić information content (AvgIpc) is 3.86. The van der Waals surface area contributed by atoms with Crippen molar-refractivity contribution in [2.75, 3.05) is 6.54 Å². The van der Waals surface area contributed by atoms with Crippen LogP contribution in [0.15, 0.2) is 106 Å². The predicted molar refractivity (Wildman–Crippen MR) is 222 cm³/mol. The third-order valence-electron chi connectivity index (χ3n) is 9.81. The third kappa shape index (κ3) is 9.97. The summed E-state index contributed by atoms with van der Waals surface area (Å²) in [7, 11) is 0. The largest absolute Gasteiger partial charge is 0.356 e. The van der Waals surface area contributed by atoms with Gasteiger partial charge in [-0.05, 0) is 123 Å². The van der Waals surface area contributed by atoms with Crippen molar-refractivity contribution < 1.29 is 4.79 Å². The summed E-state index contributed by atoms with van der Waals surface area (Å²) >= 11 is 13.5. The summed E-state index contributed by atoms with van der Waals surface area (Å²) in [5, 5.41) is 6.55. The number of fused-ring (bicyclic) bond motifs is 2. The van der Waals surface area contributed by atoms with E-state index in [2.05, 4.69) is 151 Å². The molecule has 1 fully saturated rings. The van der Waals surface area contributed by atoms with Gasteiger partial charge in [-0.1, -0.05) is 105 Å². The van der Waals surface area contributed by atoms with E-state index in [4.69, 9.17) is 11.6 Å². The van der Waals surface area contributed by atoms with Gasteiger partial charge in [0.2, 0.25) is 5.91 Å². The van der Waals surface area contributed by atoms with Crippen molar-refractivity contribution >= 4 is 71.2 Å². The topological polar surface area (TPSA) is 39.0 Å². The van der Waals surface area contributed by atoms with Crippen LogP contribution >= 0.6 is 43.5 Å². The molecular formula is C44H48Br2ClN3O. The van der Waals surface area contributed by atoms with Crippen molar-refractivity contribution in [1.29, 1.82) is 0 Å². The lowest BCUT2D eigenvalue weighted by Gasteiger charge is -2.07. The Morgan fingerprint density at radius 1 is 0.725 bits per heavy atom. The number of aromatic nitrogens is 2. The summed E-state index contributed by atoms with van der Waals surface area (Å²) in [6.07, 6.45) is 14.2.